The Balaban J connectivity index is 1.57. The second-order valence-electron chi connectivity index (χ2n) is 10.9. The van der Waals surface area contributed by atoms with E-state index in [4.69, 9.17) is 16.3 Å². The van der Waals surface area contributed by atoms with Crippen LogP contribution in [0.25, 0.3) is 21.2 Å². The summed E-state index contributed by atoms with van der Waals surface area (Å²) in [6.45, 7) is 2.11. The fourth-order valence-electron chi connectivity index (χ4n) is 5.77. The molecule has 10 heteroatoms. The lowest BCUT2D eigenvalue weighted by Crippen LogP contribution is -2.44. The molecule has 0 unspecified atom stereocenters. The maximum atomic E-state index is 14.8. The maximum absolute atomic E-state index is 14.8. The molecule has 1 amide bonds. The zero-order valence-corrected chi connectivity index (χ0v) is 26.4. The quantitative estimate of drug-likeness (QED) is 0.222. The minimum Gasteiger partial charge on any atom is -0.496 e. The molecule has 0 saturated heterocycles. The first-order chi connectivity index (χ1) is 20.0. The number of benzene rings is 3. The molecule has 1 fully saturated rings. The fourth-order valence-corrected chi connectivity index (χ4v) is 8.06. The largest absolute Gasteiger partial charge is 0.496 e. The van der Waals surface area contributed by atoms with Crippen LogP contribution < -0.4 is 10.1 Å². The minimum atomic E-state index is -3.38. The molecule has 1 aliphatic carbocycles. The van der Waals surface area contributed by atoms with Crippen LogP contribution in [0.5, 0.6) is 5.75 Å². The lowest BCUT2D eigenvalue weighted by atomic mass is 9.89. The summed E-state index contributed by atoms with van der Waals surface area (Å²) < 4.78 is 45.3. The van der Waals surface area contributed by atoms with Crippen LogP contribution in [0, 0.1) is 12.7 Å². The number of carbonyl (C=O) groups is 1. The molecule has 0 atom stereocenters. The Bertz CT molecular complexity index is 1750. The zero-order valence-electron chi connectivity index (χ0n) is 24.0. The molecule has 5 rings (SSSR count). The zero-order chi connectivity index (χ0) is 30.2. The molecule has 4 aromatic rings. The fraction of sp³-hybridized carbons (Fsp3) is 0.344. The molecular weight excluding hydrogens is 595 g/mol. The first kappa shape index (κ1) is 30.5. The molecule has 1 N–H and O–H groups in total. The van der Waals surface area contributed by atoms with Crippen LogP contribution in [0.3, 0.4) is 0 Å². The van der Waals surface area contributed by atoms with Crippen molar-refractivity contribution in [2.45, 2.75) is 56.1 Å². The van der Waals surface area contributed by atoms with E-state index in [2.05, 4.69) is 5.32 Å². The number of thiophene rings is 1. The molecule has 222 valence electrons. The van der Waals surface area contributed by atoms with E-state index >= 15 is 0 Å². The molecule has 0 spiro atoms. The predicted molar refractivity (Wildman–Crippen MR) is 168 cm³/mol. The average molecular weight is 629 g/mol. The second-order valence-corrected chi connectivity index (χ2v) is 14.3. The van der Waals surface area contributed by atoms with Crippen LogP contribution in [0.4, 0.5) is 4.39 Å². The molecule has 1 aliphatic rings. The molecule has 0 bridgehead atoms. The van der Waals surface area contributed by atoms with Gasteiger partial charge in [0.25, 0.3) is 5.91 Å². The normalized spacial score (nSPS) is 17.4. The number of methoxy groups -OCH3 is 1. The van der Waals surface area contributed by atoms with E-state index in [0.29, 0.717) is 26.8 Å². The van der Waals surface area contributed by atoms with Crippen molar-refractivity contribution in [2.75, 3.05) is 20.4 Å². The topological polar surface area (TPSA) is 75.7 Å². The van der Waals surface area contributed by atoms with Crippen LogP contribution in [-0.4, -0.2) is 51.7 Å². The van der Waals surface area contributed by atoms with E-state index in [-0.39, 0.29) is 28.4 Å². The number of carbonyl (C=O) groups excluding carboxylic acids is 1. The Morgan fingerprint density at radius 2 is 1.81 bits per heavy atom. The van der Waals surface area contributed by atoms with Gasteiger partial charge in [-0.25, -0.2) is 12.8 Å². The highest BCUT2D eigenvalue weighted by atomic mass is 35.5. The third kappa shape index (κ3) is 6.06. The van der Waals surface area contributed by atoms with Gasteiger partial charge in [0.2, 0.25) is 0 Å². The van der Waals surface area contributed by atoms with Crippen LogP contribution >= 0.6 is 22.9 Å². The minimum absolute atomic E-state index is 0.0451. The summed E-state index contributed by atoms with van der Waals surface area (Å²) in [6, 6.07) is 15.9. The number of sulfone groups is 1. The monoisotopic (exact) mass is 628 g/mol. The van der Waals surface area contributed by atoms with Gasteiger partial charge in [0.15, 0.2) is 9.84 Å². The summed E-state index contributed by atoms with van der Waals surface area (Å²) in [5.41, 5.74) is 3.15. The molecule has 1 heterocycles. The lowest BCUT2D eigenvalue weighted by molar-refractivity contribution is 0.0604. The average Bonchev–Trinajstić information content (AvgIpc) is 3.35. The van der Waals surface area contributed by atoms with Gasteiger partial charge in [-0.15, -0.1) is 11.3 Å². The third-order valence-corrected chi connectivity index (χ3v) is 10.9. The number of nitrogens with one attached hydrogen (secondary N) is 1. The first-order valence-corrected chi connectivity index (χ1v) is 16.9. The molecule has 42 heavy (non-hydrogen) atoms. The Kier molecular flexibility index (Phi) is 8.94. The number of halogens is 2. The summed E-state index contributed by atoms with van der Waals surface area (Å²) in [7, 11) is 0.159. The highest BCUT2D eigenvalue weighted by Crippen LogP contribution is 2.41. The molecule has 0 radical (unpaired) electrons. The number of hydrogen-bond donors (Lipinski definition) is 1. The summed E-state index contributed by atoms with van der Waals surface area (Å²) in [4.78, 5) is 16.7. The van der Waals surface area contributed by atoms with Gasteiger partial charge in [-0.3, -0.25) is 4.79 Å². The van der Waals surface area contributed by atoms with Crippen molar-refractivity contribution in [3.63, 3.8) is 0 Å². The number of aryl methyl sites for hydroxylation is 1. The standard InChI is InChI=1S/C32H34ClFN2O4S2/c1-19-8-14-26(34)30-28(19)29(33)31(41-30)32(37)36(24-12-10-23(35-2)11-13-24)18-22-16-21(9-15-27(22)40-3)20-6-5-7-25(17-20)42(4,38)39/h5-9,14-17,23-24,35H,10-13,18H2,1-4H3/t23-,24-. The Morgan fingerprint density at radius 3 is 2.45 bits per heavy atom. The highest BCUT2D eigenvalue weighted by molar-refractivity contribution is 7.90. The van der Waals surface area contributed by atoms with Gasteiger partial charge in [-0.2, -0.15) is 0 Å². The molecule has 1 aromatic heterocycles. The van der Waals surface area contributed by atoms with Gasteiger partial charge in [-0.05, 0) is 86.7 Å². The van der Waals surface area contributed by atoms with Crippen molar-refractivity contribution in [3.8, 4) is 16.9 Å². The molecule has 3 aromatic carbocycles. The van der Waals surface area contributed by atoms with Crippen molar-refractivity contribution >= 4 is 48.8 Å². The molecule has 6 nitrogen and oxygen atoms in total. The van der Waals surface area contributed by atoms with Gasteiger partial charge < -0.3 is 15.0 Å². The number of ether oxygens (including phenoxy) is 1. The Morgan fingerprint density at radius 1 is 1.10 bits per heavy atom. The van der Waals surface area contributed by atoms with Crippen molar-refractivity contribution in [3.05, 3.63) is 81.4 Å². The van der Waals surface area contributed by atoms with Crippen molar-refractivity contribution in [1.82, 2.24) is 10.2 Å². The predicted octanol–water partition coefficient (Wildman–Crippen LogP) is 7.25. The van der Waals surface area contributed by atoms with Crippen molar-refractivity contribution in [2.24, 2.45) is 0 Å². The van der Waals surface area contributed by atoms with Gasteiger partial charge in [0.05, 0.1) is 21.7 Å². The molecule has 1 saturated carbocycles. The van der Waals surface area contributed by atoms with Crippen LogP contribution in [-0.2, 0) is 16.4 Å². The van der Waals surface area contributed by atoms with Gasteiger partial charge in [-0.1, -0.05) is 35.9 Å². The second kappa shape index (κ2) is 12.3. The number of nitrogens with zero attached hydrogens (tertiary/aromatic N) is 1. The first-order valence-electron chi connectivity index (χ1n) is 13.8. The lowest BCUT2D eigenvalue weighted by Gasteiger charge is -2.37. The van der Waals surface area contributed by atoms with Gasteiger partial charge >= 0.3 is 0 Å². The number of amides is 1. The Hall–Kier alpha value is -2.98. The number of hydrogen-bond acceptors (Lipinski definition) is 6. The van der Waals surface area contributed by atoms with Crippen LogP contribution in [0.15, 0.2) is 59.5 Å². The third-order valence-electron chi connectivity index (χ3n) is 8.16. The summed E-state index contributed by atoms with van der Waals surface area (Å²) in [6.07, 6.45) is 4.66. The molecular formula is C32H34ClFN2O4S2. The van der Waals surface area contributed by atoms with E-state index in [1.54, 1.807) is 31.4 Å². The smallest absolute Gasteiger partial charge is 0.266 e. The van der Waals surface area contributed by atoms with E-state index < -0.39 is 15.7 Å². The van der Waals surface area contributed by atoms with Gasteiger partial charge in [0, 0.05) is 35.8 Å². The SMILES string of the molecule is CN[C@H]1CC[C@H](N(Cc2cc(-c3cccc(S(C)(=O)=O)c3)ccc2OC)C(=O)c2sc3c(F)ccc(C)c3c2Cl)CC1. The van der Waals surface area contributed by atoms with E-state index in [1.807, 2.05) is 43.1 Å². The summed E-state index contributed by atoms with van der Waals surface area (Å²) >= 11 is 7.88. The molecule has 0 aliphatic heterocycles. The van der Waals surface area contributed by atoms with E-state index in [0.717, 1.165) is 59.3 Å². The van der Waals surface area contributed by atoms with E-state index in [1.165, 1.54) is 12.3 Å². The van der Waals surface area contributed by atoms with Crippen molar-refractivity contribution in [1.29, 1.82) is 0 Å². The van der Waals surface area contributed by atoms with E-state index in [9.17, 15) is 17.6 Å². The Labute approximate surface area is 255 Å². The van der Waals surface area contributed by atoms with Crippen LogP contribution in [0.2, 0.25) is 5.02 Å². The number of fused-ring (bicyclic) bond motifs is 1. The maximum Gasteiger partial charge on any atom is 0.266 e. The van der Waals surface area contributed by atoms with Crippen LogP contribution in [0.1, 0.15) is 46.5 Å². The highest BCUT2D eigenvalue weighted by Gasteiger charge is 2.33. The summed E-state index contributed by atoms with van der Waals surface area (Å²) in [5.74, 6) is -0.0168. The van der Waals surface area contributed by atoms with Gasteiger partial charge in [0.1, 0.15) is 16.4 Å². The number of rotatable bonds is 8. The van der Waals surface area contributed by atoms with Crippen molar-refractivity contribution < 1.29 is 22.3 Å². The summed E-state index contributed by atoms with van der Waals surface area (Å²) in [5, 5.41) is 4.20.